The average molecular weight is 381 g/mol. The van der Waals surface area contributed by atoms with E-state index in [4.69, 9.17) is 4.74 Å². The quantitative estimate of drug-likeness (QED) is 0.560. The van der Waals surface area contributed by atoms with Crippen LogP contribution in [0.2, 0.25) is 0 Å². The van der Waals surface area contributed by atoms with Crippen LogP contribution in [-0.2, 0) is 4.74 Å². The molecule has 4 N–H and O–H groups in total. The molecule has 0 aromatic rings. The number of rotatable bonds is 4. The molecule has 4 rings (SSSR count). The smallest absolute Gasteiger partial charge is 0.130 e. The highest BCUT2D eigenvalue weighted by atomic mass is 19.1. The van der Waals surface area contributed by atoms with Gasteiger partial charge in [-0.3, -0.25) is 10.6 Å². The van der Waals surface area contributed by atoms with Crippen molar-refractivity contribution >= 4 is 0 Å². The lowest BCUT2D eigenvalue weighted by atomic mass is 9.72. The molecule has 3 aliphatic heterocycles. The van der Waals surface area contributed by atoms with Crippen molar-refractivity contribution in [1.82, 2.24) is 21.3 Å². The van der Waals surface area contributed by atoms with Gasteiger partial charge in [0, 0.05) is 37.2 Å². The molecule has 0 amide bonds. The van der Waals surface area contributed by atoms with E-state index in [1.807, 2.05) is 14.0 Å². The number of hydrogen-bond acceptors (Lipinski definition) is 5. The summed E-state index contributed by atoms with van der Waals surface area (Å²) in [5, 5.41) is 14.0. The Morgan fingerprint density at radius 1 is 1.26 bits per heavy atom. The van der Waals surface area contributed by atoms with E-state index in [1.54, 1.807) is 5.57 Å². The first-order valence-corrected chi connectivity index (χ1v) is 11.0. The monoisotopic (exact) mass is 380 g/mol. The van der Waals surface area contributed by atoms with Crippen molar-refractivity contribution in [2.24, 2.45) is 11.8 Å². The molecule has 0 bridgehead atoms. The Hall–Kier alpha value is -0.530. The van der Waals surface area contributed by atoms with Crippen LogP contribution in [-0.4, -0.2) is 63.3 Å². The van der Waals surface area contributed by atoms with E-state index < -0.39 is 6.17 Å². The van der Waals surface area contributed by atoms with Gasteiger partial charge in [-0.2, -0.15) is 0 Å². The van der Waals surface area contributed by atoms with Crippen molar-refractivity contribution in [2.45, 2.75) is 82.0 Å². The molecule has 6 heteroatoms. The first kappa shape index (κ1) is 19.8. The molecule has 27 heavy (non-hydrogen) atoms. The van der Waals surface area contributed by atoms with Crippen LogP contribution in [0.5, 0.6) is 0 Å². The number of fused-ring (bicyclic) bond motifs is 1. The Balaban J connectivity index is 1.43. The number of ether oxygens (including phenoxy) is 1. The molecule has 0 aromatic carbocycles. The second kappa shape index (κ2) is 8.87. The van der Waals surface area contributed by atoms with E-state index in [1.165, 1.54) is 25.7 Å². The van der Waals surface area contributed by atoms with Gasteiger partial charge in [0.1, 0.15) is 6.17 Å². The molecule has 3 heterocycles. The molecule has 3 fully saturated rings. The summed E-state index contributed by atoms with van der Waals surface area (Å²) in [5.41, 5.74) is 1.60. The summed E-state index contributed by atoms with van der Waals surface area (Å²) in [7, 11) is 1.87. The van der Waals surface area contributed by atoms with Crippen LogP contribution in [0.1, 0.15) is 45.4 Å². The molecule has 5 nitrogen and oxygen atoms in total. The third-order valence-electron chi connectivity index (χ3n) is 7.21. The van der Waals surface area contributed by atoms with Gasteiger partial charge in [0.25, 0.3) is 0 Å². The van der Waals surface area contributed by atoms with Gasteiger partial charge in [0.05, 0.1) is 12.3 Å². The number of alkyl halides is 1. The molecule has 2 saturated heterocycles. The van der Waals surface area contributed by atoms with E-state index in [9.17, 15) is 4.39 Å². The SMILES string of the molecule is CNC1CC(NC2CC3CCOC3C(C3=CCNCCC3)C2)NC(C)C1F. The van der Waals surface area contributed by atoms with E-state index in [2.05, 4.69) is 27.3 Å². The Labute approximate surface area is 163 Å². The fraction of sp³-hybridized carbons (Fsp3) is 0.905. The van der Waals surface area contributed by atoms with Crippen LogP contribution < -0.4 is 21.3 Å². The first-order chi connectivity index (χ1) is 13.2. The second-order valence-corrected chi connectivity index (χ2v) is 9.00. The fourth-order valence-electron chi connectivity index (χ4n) is 5.80. The van der Waals surface area contributed by atoms with Crippen molar-refractivity contribution < 1.29 is 9.13 Å². The summed E-state index contributed by atoms with van der Waals surface area (Å²) >= 11 is 0. The average Bonchev–Trinajstić information content (AvgIpc) is 2.96. The molecule has 0 radical (unpaired) electrons. The van der Waals surface area contributed by atoms with Gasteiger partial charge in [0.2, 0.25) is 0 Å². The highest BCUT2D eigenvalue weighted by Gasteiger charge is 2.44. The van der Waals surface area contributed by atoms with Gasteiger partial charge in [-0.15, -0.1) is 0 Å². The van der Waals surface area contributed by atoms with Crippen molar-refractivity contribution in [1.29, 1.82) is 0 Å². The zero-order valence-electron chi connectivity index (χ0n) is 16.8. The van der Waals surface area contributed by atoms with E-state index in [0.717, 1.165) is 32.5 Å². The lowest BCUT2D eigenvalue weighted by molar-refractivity contribution is 0.0173. The van der Waals surface area contributed by atoms with Gasteiger partial charge in [-0.25, -0.2) is 4.39 Å². The molecule has 4 aliphatic rings. The summed E-state index contributed by atoms with van der Waals surface area (Å²) in [5.74, 6) is 1.20. The van der Waals surface area contributed by atoms with E-state index in [0.29, 0.717) is 24.0 Å². The largest absolute Gasteiger partial charge is 0.377 e. The Kier molecular flexibility index (Phi) is 6.49. The maximum Gasteiger partial charge on any atom is 0.130 e. The van der Waals surface area contributed by atoms with Gasteiger partial charge < -0.3 is 15.4 Å². The first-order valence-electron chi connectivity index (χ1n) is 11.0. The zero-order valence-corrected chi connectivity index (χ0v) is 16.8. The Morgan fingerprint density at radius 3 is 3.00 bits per heavy atom. The summed E-state index contributed by atoms with van der Waals surface area (Å²) in [6.07, 6.45) is 8.90. The van der Waals surface area contributed by atoms with E-state index >= 15 is 0 Å². The normalized spacial score (nSPS) is 45.8. The molecule has 154 valence electrons. The lowest BCUT2D eigenvalue weighted by Gasteiger charge is -2.43. The minimum absolute atomic E-state index is 0.0728. The van der Waals surface area contributed by atoms with Crippen molar-refractivity contribution in [3.05, 3.63) is 11.6 Å². The predicted molar refractivity (Wildman–Crippen MR) is 106 cm³/mol. The second-order valence-electron chi connectivity index (χ2n) is 9.00. The Morgan fingerprint density at radius 2 is 2.15 bits per heavy atom. The van der Waals surface area contributed by atoms with Gasteiger partial charge in [-0.05, 0) is 65.0 Å². The summed E-state index contributed by atoms with van der Waals surface area (Å²) in [6.45, 7) is 4.97. The highest BCUT2D eigenvalue weighted by Crippen LogP contribution is 2.42. The summed E-state index contributed by atoms with van der Waals surface area (Å²) in [4.78, 5) is 0. The maximum absolute atomic E-state index is 14.3. The summed E-state index contributed by atoms with van der Waals surface area (Å²) < 4.78 is 20.5. The lowest BCUT2D eigenvalue weighted by Crippen LogP contribution is -2.63. The molecule has 1 aliphatic carbocycles. The number of nitrogens with one attached hydrogen (secondary N) is 4. The number of hydrogen-bond donors (Lipinski definition) is 4. The van der Waals surface area contributed by atoms with E-state index in [-0.39, 0.29) is 18.2 Å². The molecule has 0 aromatic heterocycles. The molecule has 0 spiro atoms. The third kappa shape index (κ3) is 4.40. The van der Waals surface area contributed by atoms with Crippen LogP contribution in [0.25, 0.3) is 0 Å². The van der Waals surface area contributed by atoms with Gasteiger partial charge in [-0.1, -0.05) is 11.6 Å². The van der Waals surface area contributed by atoms with Crippen molar-refractivity contribution in [2.75, 3.05) is 26.7 Å². The highest BCUT2D eigenvalue weighted by molar-refractivity contribution is 5.15. The molecule has 8 unspecified atom stereocenters. The standard InChI is InChI=1S/C21H37FN4O/c1-13-20(22)18(23-2)12-19(25-13)26-16-10-15-6-9-27-21(15)17(11-16)14-4-3-7-24-8-5-14/h5,13,15-21,23-26H,3-4,6-12H2,1-2H3. The minimum Gasteiger partial charge on any atom is -0.377 e. The topological polar surface area (TPSA) is 57.4 Å². The fourth-order valence-corrected chi connectivity index (χ4v) is 5.80. The van der Waals surface area contributed by atoms with Gasteiger partial charge in [0.15, 0.2) is 0 Å². The summed E-state index contributed by atoms with van der Waals surface area (Å²) in [6, 6.07) is 0.288. The van der Waals surface area contributed by atoms with Crippen molar-refractivity contribution in [3.8, 4) is 0 Å². The van der Waals surface area contributed by atoms with Crippen molar-refractivity contribution in [3.63, 3.8) is 0 Å². The van der Waals surface area contributed by atoms with Crippen LogP contribution in [0, 0.1) is 11.8 Å². The molecular formula is C21H37FN4O. The number of piperidine rings is 1. The zero-order chi connectivity index (χ0) is 18.8. The maximum atomic E-state index is 14.3. The van der Waals surface area contributed by atoms with Gasteiger partial charge >= 0.3 is 0 Å². The number of halogens is 1. The molecule has 8 atom stereocenters. The van der Waals surface area contributed by atoms with Crippen LogP contribution >= 0.6 is 0 Å². The van der Waals surface area contributed by atoms with Crippen LogP contribution in [0.3, 0.4) is 0 Å². The molecular weight excluding hydrogens is 343 g/mol. The third-order valence-corrected chi connectivity index (χ3v) is 7.21. The van der Waals surface area contributed by atoms with Crippen LogP contribution in [0.15, 0.2) is 11.6 Å². The Bertz CT molecular complexity index is 530. The predicted octanol–water partition coefficient (Wildman–Crippen LogP) is 1.70. The molecule has 1 saturated carbocycles. The van der Waals surface area contributed by atoms with Crippen LogP contribution in [0.4, 0.5) is 4.39 Å². The minimum atomic E-state index is -0.830.